The Morgan fingerprint density at radius 3 is 1.04 bits per heavy atom. The van der Waals surface area contributed by atoms with Crippen molar-refractivity contribution in [3.8, 4) is 0 Å². The van der Waals surface area contributed by atoms with Gasteiger partial charge < -0.3 is 0 Å². The van der Waals surface area contributed by atoms with E-state index >= 15 is 0 Å². The summed E-state index contributed by atoms with van der Waals surface area (Å²) in [6.07, 6.45) is 0. The first-order valence-electron chi connectivity index (χ1n) is 8.16. The third-order valence-corrected chi connectivity index (χ3v) is 4.76. The van der Waals surface area contributed by atoms with Gasteiger partial charge in [0.25, 0.3) is 0 Å². The number of rotatable bonds is 6. The van der Waals surface area contributed by atoms with Gasteiger partial charge in [0.05, 0.1) is 11.8 Å². The van der Waals surface area contributed by atoms with Crippen LogP contribution < -0.4 is 0 Å². The molecule has 0 radical (unpaired) electrons. The Balaban J connectivity index is 1.96. The van der Waals surface area contributed by atoms with E-state index in [1.807, 2.05) is 84.9 Å². The third-order valence-electron chi connectivity index (χ3n) is 4.32. The summed E-state index contributed by atoms with van der Waals surface area (Å²) >= 11 is 11.7. The van der Waals surface area contributed by atoms with E-state index in [0.29, 0.717) is 0 Å². The Kier molecular flexibility index (Phi) is 5.87. The minimum atomic E-state index is -0.547. The zero-order valence-corrected chi connectivity index (χ0v) is 15.3. The second-order valence-corrected chi connectivity index (χ2v) is 6.71. The molecule has 0 aliphatic rings. The van der Waals surface area contributed by atoms with Gasteiger partial charge in [-0.2, -0.15) is 0 Å². The summed E-state index contributed by atoms with van der Waals surface area (Å²) in [5.74, 6) is -1.09. The number of benzene rings is 3. The molecular weight excluding hydrogens is 367 g/mol. The molecule has 4 heteroatoms. The van der Waals surface area contributed by atoms with Crippen LogP contribution in [0.2, 0.25) is 0 Å². The molecule has 0 amide bonds. The molecule has 0 spiro atoms. The largest absolute Gasteiger partial charge is 0.280 e. The van der Waals surface area contributed by atoms with Crippen molar-refractivity contribution < 1.29 is 9.59 Å². The minimum Gasteiger partial charge on any atom is -0.280 e. The fraction of sp³-hybridized carbons (Fsp3) is 0.0909. The van der Waals surface area contributed by atoms with E-state index < -0.39 is 22.3 Å². The summed E-state index contributed by atoms with van der Waals surface area (Å²) in [4.78, 5) is 24.0. The van der Waals surface area contributed by atoms with Gasteiger partial charge in [-0.1, -0.05) is 84.9 Å². The maximum Gasteiger partial charge on any atom is 0.233 e. The molecule has 26 heavy (non-hydrogen) atoms. The van der Waals surface area contributed by atoms with E-state index in [-0.39, 0.29) is 0 Å². The van der Waals surface area contributed by atoms with Crippen molar-refractivity contribution in [2.45, 2.75) is 11.8 Å². The lowest BCUT2D eigenvalue weighted by atomic mass is 9.88. The van der Waals surface area contributed by atoms with Gasteiger partial charge in [0.1, 0.15) is 0 Å². The highest BCUT2D eigenvalue weighted by atomic mass is 35.5. The van der Waals surface area contributed by atoms with E-state index in [4.69, 9.17) is 23.2 Å². The third kappa shape index (κ3) is 4.04. The van der Waals surface area contributed by atoms with E-state index in [9.17, 15) is 9.59 Å². The van der Waals surface area contributed by atoms with Crippen molar-refractivity contribution in [2.75, 3.05) is 0 Å². The van der Waals surface area contributed by atoms with Crippen molar-refractivity contribution in [1.82, 2.24) is 0 Å². The molecular formula is C22H16Cl2O2. The van der Waals surface area contributed by atoms with Crippen molar-refractivity contribution in [1.29, 1.82) is 0 Å². The van der Waals surface area contributed by atoms with Crippen LogP contribution in [0, 0.1) is 0 Å². The molecule has 0 saturated heterocycles. The number of hydrogen-bond donors (Lipinski definition) is 0. The number of hydrogen-bond acceptors (Lipinski definition) is 2. The molecule has 3 aromatic carbocycles. The first-order valence-corrected chi connectivity index (χ1v) is 8.92. The summed E-state index contributed by atoms with van der Waals surface area (Å²) in [7, 11) is 0. The molecule has 0 bridgehead atoms. The number of halogens is 2. The molecule has 0 fully saturated rings. The Morgan fingerprint density at radius 1 is 0.500 bits per heavy atom. The van der Waals surface area contributed by atoms with Gasteiger partial charge in [-0.15, -0.1) is 0 Å². The van der Waals surface area contributed by atoms with Crippen LogP contribution in [-0.2, 0) is 9.59 Å². The highest BCUT2D eigenvalue weighted by Gasteiger charge is 2.24. The van der Waals surface area contributed by atoms with Gasteiger partial charge in [-0.25, -0.2) is 0 Å². The second-order valence-electron chi connectivity index (χ2n) is 5.96. The van der Waals surface area contributed by atoms with Gasteiger partial charge >= 0.3 is 0 Å². The summed E-state index contributed by atoms with van der Waals surface area (Å²) in [5, 5.41) is -0.894. The average Bonchev–Trinajstić information content (AvgIpc) is 2.65. The fourth-order valence-corrected chi connectivity index (χ4v) is 3.58. The van der Waals surface area contributed by atoms with Crippen molar-refractivity contribution in [3.05, 3.63) is 107 Å². The van der Waals surface area contributed by atoms with E-state index in [2.05, 4.69) is 0 Å². The predicted molar refractivity (Wildman–Crippen MR) is 105 cm³/mol. The van der Waals surface area contributed by atoms with Gasteiger partial charge in [0.2, 0.25) is 10.5 Å². The molecule has 2 nitrogen and oxygen atoms in total. The normalized spacial score (nSPS) is 13.0. The van der Waals surface area contributed by atoms with E-state index in [1.54, 1.807) is 0 Å². The van der Waals surface area contributed by atoms with Crippen molar-refractivity contribution in [2.24, 2.45) is 0 Å². The van der Waals surface area contributed by atoms with Gasteiger partial charge in [0.15, 0.2) is 0 Å². The first-order chi connectivity index (χ1) is 12.6. The average molecular weight is 383 g/mol. The summed E-state index contributed by atoms with van der Waals surface area (Å²) in [6, 6.07) is 26.0. The van der Waals surface area contributed by atoms with Crippen LogP contribution in [0.5, 0.6) is 0 Å². The lowest BCUT2D eigenvalue weighted by Crippen LogP contribution is -2.11. The summed E-state index contributed by atoms with van der Waals surface area (Å²) < 4.78 is 0. The van der Waals surface area contributed by atoms with Crippen molar-refractivity contribution in [3.63, 3.8) is 0 Å². The van der Waals surface area contributed by atoms with Gasteiger partial charge in [-0.3, -0.25) is 9.59 Å². The molecule has 0 aliphatic carbocycles. The van der Waals surface area contributed by atoms with Gasteiger partial charge in [-0.05, 0) is 45.5 Å². The molecule has 0 aliphatic heterocycles. The van der Waals surface area contributed by atoms with E-state index in [0.717, 1.165) is 22.3 Å². The molecule has 2 atom stereocenters. The minimum absolute atomic E-state index is 0.447. The van der Waals surface area contributed by atoms with Crippen LogP contribution in [0.1, 0.15) is 34.1 Å². The molecule has 0 saturated carbocycles. The topological polar surface area (TPSA) is 34.1 Å². The maximum atomic E-state index is 12.0. The lowest BCUT2D eigenvalue weighted by molar-refractivity contribution is -0.113. The first kappa shape index (κ1) is 18.4. The van der Waals surface area contributed by atoms with Gasteiger partial charge in [0, 0.05) is 0 Å². The van der Waals surface area contributed by atoms with E-state index in [1.165, 1.54) is 0 Å². The Morgan fingerprint density at radius 2 is 0.769 bits per heavy atom. The van der Waals surface area contributed by atoms with Crippen LogP contribution >= 0.6 is 23.2 Å². The van der Waals surface area contributed by atoms with Crippen LogP contribution in [0.3, 0.4) is 0 Å². The molecule has 2 unspecified atom stereocenters. The molecule has 3 aromatic rings. The van der Waals surface area contributed by atoms with Crippen molar-refractivity contribution >= 4 is 33.7 Å². The van der Waals surface area contributed by atoms with Crippen LogP contribution in [-0.4, -0.2) is 10.5 Å². The SMILES string of the molecule is O=C(Cl)C(c1ccccc1)c1ccc(C(C(=O)Cl)c2ccccc2)cc1. The quantitative estimate of drug-likeness (QED) is 0.528. The Labute approximate surface area is 162 Å². The summed E-state index contributed by atoms with van der Waals surface area (Å²) in [5.41, 5.74) is 3.20. The number of carbonyl (C=O) groups is 2. The summed E-state index contributed by atoms with van der Waals surface area (Å²) in [6.45, 7) is 0. The smallest absolute Gasteiger partial charge is 0.233 e. The monoisotopic (exact) mass is 382 g/mol. The van der Waals surface area contributed by atoms with Crippen LogP contribution in [0.15, 0.2) is 84.9 Å². The zero-order chi connectivity index (χ0) is 18.5. The number of carbonyl (C=O) groups excluding carboxylic acids is 2. The molecule has 0 aromatic heterocycles. The Bertz CT molecular complexity index is 814. The predicted octanol–water partition coefficient (Wildman–Crippen LogP) is 5.48. The fourth-order valence-electron chi connectivity index (χ4n) is 3.08. The molecule has 130 valence electrons. The highest BCUT2D eigenvalue weighted by Crippen LogP contribution is 2.31. The highest BCUT2D eigenvalue weighted by molar-refractivity contribution is 6.65. The Hall–Kier alpha value is -2.42. The molecule has 0 N–H and O–H groups in total. The lowest BCUT2D eigenvalue weighted by Gasteiger charge is -2.17. The molecule has 0 heterocycles. The molecule has 3 rings (SSSR count). The second kappa shape index (κ2) is 8.31. The zero-order valence-electron chi connectivity index (χ0n) is 13.8. The van der Waals surface area contributed by atoms with Crippen LogP contribution in [0.25, 0.3) is 0 Å². The standard InChI is InChI=1S/C22H16Cl2O2/c23-21(25)19(15-7-3-1-4-8-15)17-11-13-18(14-12-17)20(22(24)26)16-9-5-2-6-10-16/h1-14,19-20H. The maximum absolute atomic E-state index is 12.0. The van der Waals surface area contributed by atoms with Crippen LogP contribution in [0.4, 0.5) is 0 Å².